The first-order valence-electron chi connectivity index (χ1n) is 5.35. The molecule has 0 bridgehead atoms. The minimum atomic E-state index is -0.524. The standard InChI is InChI=1S/C13H11O4S2/c1-16-12(14)10-11(13(15)17-2)19-9(18-10)7-8-5-3-4-6-8/h3-7H,1-2H3. The van der Waals surface area contributed by atoms with Crippen molar-refractivity contribution in [2.45, 2.75) is 0 Å². The second-order valence-corrected chi connectivity index (χ2v) is 5.89. The summed E-state index contributed by atoms with van der Waals surface area (Å²) >= 11 is 2.44. The summed E-state index contributed by atoms with van der Waals surface area (Å²) in [6.07, 6.45) is 9.65. The minimum absolute atomic E-state index is 0.275. The summed E-state index contributed by atoms with van der Waals surface area (Å²) < 4.78 is 10.2. The maximum atomic E-state index is 11.6. The van der Waals surface area contributed by atoms with Crippen LogP contribution in [0.3, 0.4) is 0 Å². The smallest absolute Gasteiger partial charge is 0.346 e. The fourth-order valence-corrected chi connectivity index (χ4v) is 3.84. The SMILES string of the molecule is COC(=O)C1=C(C(=O)OC)SC(=C[C]2[CH][CH][CH][CH]2)S1. The molecule has 0 amide bonds. The van der Waals surface area contributed by atoms with E-state index in [2.05, 4.69) is 9.47 Å². The van der Waals surface area contributed by atoms with Crippen LogP contribution in [0.1, 0.15) is 0 Å². The molecule has 0 N–H and O–H groups in total. The number of thioether (sulfide) groups is 2. The van der Waals surface area contributed by atoms with Crippen molar-refractivity contribution in [2.75, 3.05) is 14.2 Å². The molecule has 0 aromatic rings. The normalized spacial score (nSPS) is 19.8. The van der Waals surface area contributed by atoms with E-state index in [0.29, 0.717) is 0 Å². The maximum absolute atomic E-state index is 11.6. The van der Waals surface area contributed by atoms with Crippen LogP contribution in [-0.4, -0.2) is 26.2 Å². The van der Waals surface area contributed by atoms with Gasteiger partial charge in [0.1, 0.15) is 9.81 Å². The van der Waals surface area contributed by atoms with Gasteiger partial charge in [-0.15, -0.1) is 0 Å². The van der Waals surface area contributed by atoms with Crippen LogP contribution in [0, 0.1) is 31.6 Å². The topological polar surface area (TPSA) is 52.6 Å². The van der Waals surface area contributed by atoms with E-state index >= 15 is 0 Å². The summed E-state index contributed by atoms with van der Waals surface area (Å²) in [6.45, 7) is 0. The van der Waals surface area contributed by atoms with Gasteiger partial charge in [-0.2, -0.15) is 0 Å². The molecule has 0 aromatic heterocycles. The van der Waals surface area contributed by atoms with Gasteiger partial charge in [0.25, 0.3) is 0 Å². The highest BCUT2D eigenvalue weighted by Gasteiger charge is 2.32. The summed E-state index contributed by atoms with van der Waals surface area (Å²) in [7, 11) is 2.57. The van der Waals surface area contributed by atoms with Gasteiger partial charge >= 0.3 is 11.9 Å². The van der Waals surface area contributed by atoms with Gasteiger partial charge in [0.15, 0.2) is 0 Å². The van der Waals surface area contributed by atoms with Crippen molar-refractivity contribution in [1.29, 1.82) is 0 Å². The molecule has 1 aliphatic carbocycles. The molecule has 99 valence electrons. The first kappa shape index (κ1) is 14.5. The number of methoxy groups -OCH3 is 2. The van der Waals surface area contributed by atoms with Gasteiger partial charge in [0, 0.05) is 10.2 Å². The van der Waals surface area contributed by atoms with Gasteiger partial charge in [0.05, 0.1) is 14.2 Å². The second kappa shape index (κ2) is 6.52. The van der Waals surface area contributed by atoms with E-state index in [1.165, 1.54) is 37.7 Å². The Morgan fingerprint density at radius 1 is 1.00 bits per heavy atom. The lowest BCUT2D eigenvalue weighted by Gasteiger charge is -2.02. The summed E-state index contributed by atoms with van der Waals surface area (Å²) in [5.74, 6) is -0.0297. The lowest BCUT2D eigenvalue weighted by atomic mass is 10.1. The molecule has 1 fully saturated rings. The lowest BCUT2D eigenvalue weighted by Crippen LogP contribution is -2.08. The van der Waals surface area contributed by atoms with Crippen molar-refractivity contribution in [2.24, 2.45) is 0 Å². The minimum Gasteiger partial charge on any atom is -0.465 e. The highest BCUT2D eigenvalue weighted by molar-refractivity contribution is 8.29. The Bertz CT molecular complexity index is 418. The van der Waals surface area contributed by atoms with Crippen LogP contribution in [-0.2, 0) is 19.1 Å². The third-order valence-electron chi connectivity index (χ3n) is 2.33. The average Bonchev–Trinajstić information content (AvgIpc) is 3.07. The largest absolute Gasteiger partial charge is 0.465 e. The maximum Gasteiger partial charge on any atom is 0.346 e. The molecule has 1 aliphatic heterocycles. The van der Waals surface area contributed by atoms with E-state index in [1.54, 1.807) is 0 Å². The third kappa shape index (κ3) is 3.36. The molecule has 0 aromatic carbocycles. The number of carbonyl (C=O) groups is 2. The molecule has 0 atom stereocenters. The van der Waals surface area contributed by atoms with Crippen molar-refractivity contribution in [3.8, 4) is 0 Å². The van der Waals surface area contributed by atoms with Crippen molar-refractivity contribution in [1.82, 2.24) is 0 Å². The second-order valence-electron chi connectivity index (χ2n) is 3.53. The van der Waals surface area contributed by atoms with Crippen molar-refractivity contribution in [3.63, 3.8) is 0 Å². The number of esters is 2. The monoisotopic (exact) mass is 295 g/mol. The quantitative estimate of drug-likeness (QED) is 0.745. The fraction of sp³-hybridized carbons (Fsp3) is 0.154. The molecular weight excluding hydrogens is 284 g/mol. The van der Waals surface area contributed by atoms with Crippen LogP contribution in [0.4, 0.5) is 0 Å². The van der Waals surface area contributed by atoms with Crippen molar-refractivity contribution < 1.29 is 19.1 Å². The van der Waals surface area contributed by atoms with Crippen LogP contribution in [0.5, 0.6) is 0 Å². The van der Waals surface area contributed by atoms with Crippen LogP contribution >= 0.6 is 23.5 Å². The number of hydrogen-bond donors (Lipinski definition) is 0. The molecule has 2 rings (SSSR count). The highest BCUT2D eigenvalue weighted by atomic mass is 32.2. The molecule has 2 aliphatic rings. The molecule has 0 saturated heterocycles. The van der Waals surface area contributed by atoms with E-state index < -0.39 is 11.9 Å². The Labute approximate surface area is 121 Å². The summed E-state index contributed by atoms with van der Waals surface area (Å²) in [6, 6.07) is 0. The molecule has 19 heavy (non-hydrogen) atoms. The van der Waals surface area contributed by atoms with Crippen LogP contribution < -0.4 is 0 Å². The zero-order chi connectivity index (χ0) is 13.8. The molecule has 1 heterocycles. The number of carbonyl (C=O) groups excluding carboxylic acids is 2. The average molecular weight is 295 g/mol. The third-order valence-corrected chi connectivity index (χ3v) is 4.74. The van der Waals surface area contributed by atoms with Crippen LogP contribution in [0.2, 0.25) is 0 Å². The van der Waals surface area contributed by atoms with Crippen molar-refractivity contribution in [3.05, 3.63) is 51.7 Å². The van der Waals surface area contributed by atoms with E-state index in [1.807, 2.05) is 31.8 Å². The molecule has 6 heteroatoms. The first-order valence-corrected chi connectivity index (χ1v) is 6.99. The Morgan fingerprint density at radius 3 is 1.89 bits per heavy atom. The van der Waals surface area contributed by atoms with Gasteiger partial charge < -0.3 is 9.47 Å². The van der Waals surface area contributed by atoms with Gasteiger partial charge in [-0.1, -0.05) is 29.6 Å². The Morgan fingerprint density at radius 2 is 1.47 bits per heavy atom. The predicted octanol–water partition coefficient (Wildman–Crippen LogP) is 2.27. The van der Waals surface area contributed by atoms with Crippen molar-refractivity contribution >= 4 is 35.5 Å². The highest BCUT2D eigenvalue weighted by Crippen LogP contribution is 2.51. The van der Waals surface area contributed by atoms with E-state index in [4.69, 9.17) is 0 Å². The fourth-order valence-electron chi connectivity index (χ4n) is 1.45. The van der Waals surface area contributed by atoms with Gasteiger partial charge in [0.2, 0.25) is 0 Å². The van der Waals surface area contributed by atoms with Gasteiger partial charge in [-0.3, -0.25) is 0 Å². The number of allylic oxidation sites excluding steroid dienone is 1. The Kier molecular flexibility index (Phi) is 4.99. The van der Waals surface area contributed by atoms with Gasteiger partial charge in [-0.05, 0) is 25.7 Å². The zero-order valence-corrected chi connectivity index (χ0v) is 12.0. The first-order chi connectivity index (χ1) is 9.15. The Hall–Kier alpha value is -0.880. The predicted molar refractivity (Wildman–Crippen MR) is 74.8 cm³/mol. The molecule has 0 spiro atoms. The summed E-state index contributed by atoms with van der Waals surface area (Å²) in [5.41, 5.74) is 0. The number of rotatable bonds is 3. The van der Waals surface area contributed by atoms with E-state index in [0.717, 1.165) is 10.2 Å². The van der Waals surface area contributed by atoms with Crippen LogP contribution in [0.25, 0.3) is 0 Å². The zero-order valence-electron chi connectivity index (χ0n) is 10.3. The molecule has 0 unspecified atom stereocenters. The molecule has 4 nitrogen and oxygen atoms in total. The molecule has 5 radical (unpaired) electrons. The van der Waals surface area contributed by atoms with E-state index in [9.17, 15) is 9.59 Å². The molecule has 1 saturated carbocycles. The summed E-state index contributed by atoms with van der Waals surface area (Å²) in [4.78, 5) is 23.8. The Balaban J connectivity index is 2.16. The summed E-state index contributed by atoms with van der Waals surface area (Å²) in [5, 5.41) is 0. The number of hydrogen-bond acceptors (Lipinski definition) is 6. The van der Waals surface area contributed by atoms with Gasteiger partial charge in [-0.25, -0.2) is 9.59 Å². The van der Waals surface area contributed by atoms with Crippen LogP contribution in [0.15, 0.2) is 20.1 Å². The number of ether oxygens (including phenoxy) is 2. The van der Waals surface area contributed by atoms with E-state index in [-0.39, 0.29) is 9.81 Å². The lowest BCUT2D eigenvalue weighted by molar-refractivity contribution is -0.138. The molecular formula is C13H11O4S2.